The van der Waals surface area contributed by atoms with Crippen LogP contribution in [0.2, 0.25) is 0 Å². The molecular weight excluding hydrogens is 466 g/mol. The van der Waals surface area contributed by atoms with Gasteiger partial charge < -0.3 is 29.0 Å². The molecule has 1 aromatic heterocycles. The van der Waals surface area contributed by atoms with E-state index < -0.39 is 37.8 Å². The molecule has 33 heavy (non-hydrogen) atoms. The summed E-state index contributed by atoms with van der Waals surface area (Å²) in [7, 11) is -4.41. The summed E-state index contributed by atoms with van der Waals surface area (Å²) in [5.41, 5.74) is 4.92. The van der Waals surface area contributed by atoms with Gasteiger partial charge in [0, 0.05) is 29.6 Å². The molecule has 0 spiro atoms. The van der Waals surface area contributed by atoms with Crippen LogP contribution in [0.15, 0.2) is 48.5 Å². The van der Waals surface area contributed by atoms with Gasteiger partial charge in [0.15, 0.2) is 0 Å². The van der Waals surface area contributed by atoms with Crippen LogP contribution in [0.5, 0.6) is 0 Å². The van der Waals surface area contributed by atoms with Gasteiger partial charge in [-0.3, -0.25) is 0 Å². The average Bonchev–Trinajstić information content (AvgIpc) is 3.00. The number of carboxylic acid groups (broad SMARTS) is 1. The number of para-hydroxylation sites is 1. The number of carbonyl (C=O) groups excluding carboxylic acids is 1. The molecule has 10 heteroatoms. The van der Waals surface area contributed by atoms with Crippen LogP contribution in [-0.2, 0) is 9.36 Å². The number of benzene rings is 2. The van der Waals surface area contributed by atoms with Crippen molar-refractivity contribution in [2.75, 3.05) is 6.16 Å². The number of nitrogens with zero attached hydrogens (tertiary/aromatic N) is 1. The molecule has 0 fully saturated rings. The molecule has 0 bridgehead atoms. The topological polar surface area (TPSA) is 105 Å². The van der Waals surface area contributed by atoms with Crippen LogP contribution in [0.1, 0.15) is 37.4 Å². The van der Waals surface area contributed by atoms with Gasteiger partial charge in [-0.05, 0) is 53.4 Å². The van der Waals surface area contributed by atoms with Crippen molar-refractivity contribution in [3.8, 4) is 17.3 Å². The fraction of sp³-hybridized carbons (Fsp3) is 0.261. The van der Waals surface area contributed by atoms with Gasteiger partial charge in [-0.25, -0.2) is 4.39 Å². The van der Waals surface area contributed by atoms with Crippen molar-refractivity contribution < 1.29 is 88.0 Å². The zero-order valence-electron chi connectivity index (χ0n) is 19.0. The van der Waals surface area contributed by atoms with E-state index in [-0.39, 0.29) is 65.0 Å². The first-order valence-electron chi connectivity index (χ1n) is 9.69. The van der Waals surface area contributed by atoms with E-state index in [1.807, 2.05) is 38.1 Å². The van der Waals surface area contributed by atoms with Crippen LogP contribution < -0.4 is 69.1 Å². The minimum Gasteiger partial charge on any atom is -0.790 e. The van der Waals surface area contributed by atoms with E-state index in [4.69, 9.17) is 0 Å². The maximum absolute atomic E-state index is 13.5. The smallest absolute Gasteiger partial charge is 0.790 e. The molecule has 0 aliphatic carbocycles. The van der Waals surface area contributed by atoms with Gasteiger partial charge in [0.05, 0.1) is 19.0 Å². The number of carbonyl (C=O) groups is 1. The number of aliphatic carboxylic acids is 1. The molecule has 6 nitrogen and oxygen atoms in total. The first-order chi connectivity index (χ1) is 14.6. The zero-order valence-corrected chi connectivity index (χ0v) is 23.9. The number of aromatic nitrogens is 1. The summed E-state index contributed by atoms with van der Waals surface area (Å²) in [4.78, 5) is 23.0. The predicted octanol–water partition coefficient (Wildman–Crippen LogP) is -3.65. The zero-order chi connectivity index (χ0) is 22.8. The van der Waals surface area contributed by atoms with Crippen molar-refractivity contribution >= 4 is 24.2 Å². The van der Waals surface area contributed by atoms with Crippen LogP contribution in [0.25, 0.3) is 16.6 Å². The van der Waals surface area contributed by atoms with Gasteiger partial charge in [-0.1, -0.05) is 32.0 Å². The number of hydrogen-bond donors (Lipinski definition) is 1. The minimum absolute atomic E-state index is 0. The number of rotatable bonds is 6. The summed E-state index contributed by atoms with van der Waals surface area (Å²) in [5, 5.41) is 21.1. The molecule has 0 radical (unpaired) electrons. The van der Waals surface area contributed by atoms with Gasteiger partial charge >= 0.3 is 59.1 Å². The Bertz CT molecular complexity index is 1230. The Kier molecular flexibility index (Phi) is 11.6. The third-order valence-electron chi connectivity index (χ3n) is 4.77. The summed E-state index contributed by atoms with van der Waals surface area (Å²) >= 11 is 0. The Morgan fingerprint density at radius 3 is 2.33 bits per heavy atom. The molecule has 3 aromatic rings. The van der Waals surface area contributed by atoms with Gasteiger partial charge in [0.25, 0.3) is 0 Å². The van der Waals surface area contributed by atoms with Crippen LogP contribution in [0, 0.1) is 17.4 Å². The third-order valence-corrected chi connectivity index (χ3v) is 6.13. The van der Waals surface area contributed by atoms with Crippen molar-refractivity contribution in [2.24, 2.45) is 0 Å². The number of fused-ring (bicyclic) bond motifs is 1. The quantitative estimate of drug-likeness (QED) is 0.219. The summed E-state index contributed by atoms with van der Waals surface area (Å²) in [5.74, 6) is 0.797. The molecule has 3 rings (SSSR count). The summed E-state index contributed by atoms with van der Waals surface area (Å²) in [6.45, 7) is 3.92. The third kappa shape index (κ3) is 7.53. The van der Waals surface area contributed by atoms with E-state index >= 15 is 0 Å². The van der Waals surface area contributed by atoms with Gasteiger partial charge in [0.1, 0.15) is 11.5 Å². The molecule has 1 heterocycles. The normalized spacial score (nSPS) is 13.3. The first-order valence-corrected chi connectivity index (χ1v) is 11.5. The SMILES string of the molecule is CC(C)c1c(C#CP(=O)([O-])C[C@@H](O)CC(=O)[O-])n(-c2ccc(F)cc2)c2ccccc12.[Na+].[Na+]. The molecule has 1 unspecified atom stereocenters. The second-order valence-electron chi connectivity index (χ2n) is 7.57. The maximum atomic E-state index is 13.5. The molecular formula is C23H21FNNa2O5P. The molecule has 0 aliphatic heterocycles. The Labute approximate surface area is 236 Å². The van der Waals surface area contributed by atoms with E-state index in [1.54, 1.807) is 16.7 Å². The van der Waals surface area contributed by atoms with Crippen LogP contribution in [0.4, 0.5) is 4.39 Å². The fourth-order valence-electron chi connectivity index (χ4n) is 3.55. The average molecular weight is 487 g/mol. The molecule has 2 atom stereocenters. The van der Waals surface area contributed by atoms with Crippen LogP contribution >= 0.6 is 7.37 Å². The molecule has 1 N–H and O–H groups in total. The van der Waals surface area contributed by atoms with E-state index in [1.165, 1.54) is 12.1 Å². The second-order valence-corrected chi connectivity index (χ2v) is 9.50. The monoisotopic (exact) mass is 487 g/mol. The summed E-state index contributed by atoms with van der Waals surface area (Å²) in [6.07, 6.45) is -3.18. The molecule has 0 saturated carbocycles. The Morgan fingerprint density at radius 1 is 1.15 bits per heavy atom. The summed E-state index contributed by atoms with van der Waals surface area (Å²) in [6, 6.07) is 13.3. The van der Waals surface area contributed by atoms with E-state index in [0.29, 0.717) is 11.4 Å². The van der Waals surface area contributed by atoms with Crippen molar-refractivity contribution in [3.05, 3.63) is 65.6 Å². The first kappa shape index (κ1) is 30.1. The standard InChI is InChI=1S/C23H23FNO5P.2Na/c1-15(2)23-19-5-3-4-6-20(19)25(17-9-7-16(24)8-10-17)21(23)11-12-31(29,30)14-18(26)13-22(27)28;;/h3-10,15,18,26H,13-14H2,1-2H3,(H,27,28)(H,29,30);;/q;2*+1/p-2/t18-;;/m0../s1. The van der Waals surface area contributed by atoms with Crippen molar-refractivity contribution in [2.45, 2.75) is 32.3 Å². The number of aliphatic hydroxyl groups excluding tert-OH is 1. The predicted molar refractivity (Wildman–Crippen MR) is 112 cm³/mol. The van der Waals surface area contributed by atoms with Crippen LogP contribution in [0.3, 0.4) is 0 Å². The van der Waals surface area contributed by atoms with E-state index in [2.05, 4.69) is 11.6 Å². The van der Waals surface area contributed by atoms with Crippen molar-refractivity contribution in [3.63, 3.8) is 0 Å². The number of aliphatic hydroxyl groups is 1. The van der Waals surface area contributed by atoms with Gasteiger partial charge in [-0.15, -0.1) is 0 Å². The van der Waals surface area contributed by atoms with Crippen molar-refractivity contribution in [1.82, 2.24) is 4.57 Å². The second kappa shape index (κ2) is 12.7. The fourth-order valence-corrected chi connectivity index (χ4v) is 4.60. The Hall–Kier alpha value is -0.910. The molecule has 0 amide bonds. The van der Waals surface area contributed by atoms with E-state index in [0.717, 1.165) is 16.5 Å². The molecule has 0 saturated heterocycles. The molecule has 0 aliphatic rings. The van der Waals surface area contributed by atoms with Gasteiger partial charge in [-0.2, -0.15) is 0 Å². The number of halogens is 1. The molecule has 2 aromatic carbocycles. The Balaban J connectivity index is 0.00000272. The summed E-state index contributed by atoms with van der Waals surface area (Å²) < 4.78 is 27.7. The number of hydrogen-bond acceptors (Lipinski definition) is 5. The maximum Gasteiger partial charge on any atom is 1.00 e. The van der Waals surface area contributed by atoms with Crippen LogP contribution in [-0.4, -0.2) is 27.9 Å². The largest absolute Gasteiger partial charge is 1.00 e. The van der Waals surface area contributed by atoms with Crippen molar-refractivity contribution in [1.29, 1.82) is 0 Å². The van der Waals surface area contributed by atoms with E-state index in [9.17, 15) is 28.9 Å². The minimum atomic E-state index is -4.41. The number of carboxylic acids is 1. The molecule has 162 valence electrons. The Morgan fingerprint density at radius 2 is 1.76 bits per heavy atom. The van der Waals surface area contributed by atoms with Gasteiger partial charge in [0.2, 0.25) is 0 Å².